The van der Waals surface area contributed by atoms with Crippen LogP contribution in [0.25, 0.3) is 11.0 Å². The topological polar surface area (TPSA) is 82.1 Å². The molecule has 0 radical (unpaired) electrons. The van der Waals surface area contributed by atoms with E-state index in [1.807, 2.05) is 10.6 Å². The van der Waals surface area contributed by atoms with Crippen molar-refractivity contribution in [3.63, 3.8) is 0 Å². The van der Waals surface area contributed by atoms with Gasteiger partial charge < -0.3 is 14.6 Å². The number of unbranched alkanes of at least 4 members (excludes halogenated alkanes) is 1. The van der Waals surface area contributed by atoms with Crippen molar-refractivity contribution in [1.82, 2.24) is 9.55 Å². The lowest BCUT2D eigenvalue weighted by molar-refractivity contribution is 0.426. The van der Waals surface area contributed by atoms with Crippen LogP contribution in [0.1, 0.15) is 25.3 Å². The molecule has 0 atom stereocenters. The molecule has 18 heavy (non-hydrogen) atoms. The molecule has 0 unspecified atom stereocenters. The Morgan fingerprint density at radius 3 is 2.83 bits per heavy atom. The average molecular weight is 243 g/mol. The van der Waals surface area contributed by atoms with Crippen LogP contribution in [0.2, 0.25) is 0 Å². The number of benzene rings is 1. The van der Waals surface area contributed by atoms with Gasteiger partial charge in [0.25, 0.3) is 0 Å². The highest BCUT2D eigenvalue weighted by molar-refractivity contribution is 6.61. The molecule has 0 aliphatic heterocycles. The third kappa shape index (κ3) is 2.23. The van der Waals surface area contributed by atoms with Gasteiger partial charge in [-0.1, -0.05) is 13.3 Å². The predicted octanol–water partition coefficient (Wildman–Crippen LogP) is 0.388. The summed E-state index contributed by atoms with van der Waals surface area (Å²) in [6.45, 7) is 2.87. The standard InChI is InChI=1S/C12H14BN3O2/c1-2-3-4-16-8-15-11-6-9(7-14)5-10(12(11)16)13(17)18/h5-6,8,17-18H,2-4H2,1H3. The van der Waals surface area contributed by atoms with Crippen molar-refractivity contribution in [2.45, 2.75) is 26.3 Å². The molecule has 0 spiro atoms. The molecule has 0 aliphatic carbocycles. The minimum atomic E-state index is -1.60. The van der Waals surface area contributed by atoms with Crippen molar-refractivity contribution >= 4 is 23.6 Å². The fraction of sp³-hybridized carbons (Fsp3) is 0.333. The maximum atomic E-state index is 9.41. The fourth-order valence-electron chi connectivity index (χ4n) is 2.00. The van der Waals surface area contributed by atoms with Gasteiger partial charge in [0.1, 0.15) is 0 Å². The van der Waals surface area contributed by atoms with Crippen molar-refractivity contribution < 1.29 is 10.0 Å². The number of aromatic nitrogens is 2. The van der Waals surface area contributed by atoms with Crippen LogP contribution in [0, 0.1) is 11.3 Å². The van der Waals surface area contributed by atoms with E-state index in [1.165, 1.54) is 6.07 Å². The van der Waals surface area contributed by atoms with Gasteiger partial charge in [-0.25, -0.2) is 4.98 Å². The summed E-state index contributed by atoms with van der Waals surface area (Å²) in [5.41, 5.74) is 2.02. The lowest BCUT2D eigenvalue weighted by atomic mass is 9.78. The van der Waals surface area contributed by atoms with Crippen molar-refractivity contribution in [2.24, 2.45) is 0 Å². The third-order valence-electron chi connectivity index (χ3n) is 2.90. The molecule has 0 aliphatic rings. The minimum absolute atomic E-state index is 0.331. The summed E-state index contributed by atoms with van der Waals surface area (Å²) in [5, 5.41) is 27.7. The minimum Gasteiger partial charge on any atom is -0.423 e. The quantitative estimate of drug-likeness (QED) is 0.761. The van der Waals surface area contributed by atoms with Crippen molar-refractivity contribution in [1.29, 1.82) is 5.26 Å². The van der Waals surface area contributed by atoms with E-state index in [9.17, 15) is 10.0 Å². The summed E-state index contributed by atoms with van der Waals surface area (Å²) in [6, 6.07) is 5.15. The van der Waals surface area contributed by atoms with Gasteiger partial charge in [-0.15, -0.1) is 0 Å². The molecule has 0 bridgehead atoms. The largest absolute Gasteiger partial charge is 0.490 e. The van der Waals surface area contributed by atoms with Gasteiger partial charge in [0.05, 0.1) is 29.0 Å². The number of nitrogens with zero attached hydrogens (tertiary/aromatic N) is 3. The molecule has 2 N–H and O–H groups in total. The zero-order valence-electron chi connectivity index (χ0n) is 10.2. The SMILES string of the molecule is CCCCn1cnc2cc(C#N)cc(B(O)O)c21. The molecule has 1 aromatic heterocycles. The van der Waals surface area contributed by atoms with E-state index in [-0.39, 0.29) is 0 Å². The van der Waals surface area contributed by atoms with Crippen LogP contribution in [0.3, 0.4) is 0 Å². The molecule has 92 valence electrons. The van der Waals surface area contributed by atoms with E-state index in [4.69, 9.17) is 5.26 Å². The maximum Gasteiger partial charge on any atom is 0.490 e. The highest BCUT2D eigenvalue weighted by Gasteiger charge is 2.19. The summed E-state index contributed by atoms with van der Waals surface area (Å²) in [5.74, 6) is 0. The molecule has 6 heteroatoms. The second-order valence-corrected chi connectivity index (χ2v) is 4.21. The van der Waals surface area contributed by atoms with E-state index in [2.05, 4.69) is 11.9 Å². The number of imidazole rings is 1. The summed E-state index contributed by atoms with van der Waals surface area (Å²) in [6.07, 6.45) is 3.72. The summed E-state index contributed by atoms with van der Waals surface area (Å²) in [7, 11) is -1.60. The third-order valence-corrected chi connectivity index (χ3v) is 2.90. The first-order chi connectivity index (χ1) is 8.67. The van der Waals surface area contributed by atoms with Crippen molar-refractivity contribution in [3.05, 3.63) is 24.0 Å². The van der Waals surface area contributed by atoms with Gasteiger partial charge in [0.2, 0.25) is 0 Å². The van der Waals surface area contributed by atoms with E-state index in [1.54, 1.807) is 12.4 Å². The molecule has 0 fully saturated rings. The second-order valence-electron chi connectivity index (χ2n) is 4.21. The Bertz CT molecular complexity index is 601. The van der Waals surface area contributed by atoms with Gasteiger partial charge in [-0.05, 0) is 18.6 Å². The normalized spacial score (nSPS) is 10.6. The van der Waals surface area contributed by atoms with Gasteiger partial charge >= 0.3 is 7.12 Å². The molecule has 1 heterocycles. The van der Waals surface area contributed by atoms with Crippen LogP contribution < -0.4 is 5.46 Å². The van der Waals surface area contributed by atoms with Gasteiger partial charge in [-0.2, -0.15) is 5.26 Å². The summed E-state index contributed by atoms with van der Waals surface area (Å²) in [4.78, 5) is 4.21. The highest BCUT2D eigenvalue weighted by atomic mass is 16.4. The summed E-state index contributed by atoms with van der Waals surface area (Å²) < 4.78 is 1.90. The van der Waals surface area contributed by atoms with Gasteiger partial charge in [-0.3, -0.25) is 0 Å². The van der Waals surface area contributed by atoms with E-state index in [0.29, 0.717) is 22.1 Å². The summed E-state index contributed by atoms with van der Waals surface area (Å²) >= 11 is 0. The number of aryl methyl sites for hydroxylation is 1. The van der Waals surface area contributed by atoms with E-state index >= 15 is 0 Å². The number of fused-ring (bicyclic) bond motifs is 1. The van der Waals surface area contributed by atoms with Crippen LogP contribution in [0.4, 0.5) is 0 Å². The van der Waals surface area contributed by atoms with Crippen LogP contribution in [-0.4, -0.2) is 26.7 Å². The van der Waals surface area contributed by atoms with Crippen molar-refractivity contribution in [3.8, 4) is 6.07 Å². The number of nitriles is 1. The zero-order valence-corrected chi connectivity index (χ0v) is 10.2. The highest BCUT2D eigenvalue weighted by Crippen LogP contribution is 2.14. The molecule has 2 aromatic rings. The molecular formula is C12H14BN3O2. The van der Waals surface area contributed by atoms with Gasteiger partial charge in [0, 0.05) is 12.0 Å². The lowest BCUT2D eigenvalue weighted by Crippen LogP contribution is -2.32. The molecule has 1 aromatic carbocycles. The lowest BCUT2D eigenvalue weighted by Gasteiger charge is -2.08. The monoisotopic (exact) mass is 243 g/mol. The number of hydrogen-bond donors (Lipinski definition) is 2. The molecule has 2 rings (SSSR count). The molecule has 5 nitrogen and oxygen atoms in total. The first-order valence-electron chi connectivity index (χ1n) is 5.92. The smallest absolute Gasteiger partial charge is 0.423 e. The van der Waals surface area contributed by atoms with Crippen LogP contribution in [0.15, 0.2) is 18.5 Å². The fourth-order valence-corrected chi connectivity index (χ4v) is 2.00. The Morgan fingerprint density at radius 2 is 2.22 bits per heavy atom. The number of hydrogen-bond acceptors (Lipinski definition) is 4. The maximum absolute atomic E-state index is 9.41. The van der Waals surface area contributed by atoms with Crippen LogP contribution in [0.5, 0.6) is 0 Å². The first-order valence-corrected chi connectivity index (χ1v) is 5.92. The molecule has 0 saturated heterocycles. The Morgan fingerprint density at radius 1 is 1.44 bits per heavy atom. The predicted molar refractivity (Wildman–Crippen MR) is 69.2 cm³/mol. The molecular weight excluding hydrogens is 229 g/mol. The molecule has 0 saturated carbocycles. The second kappa shape index (κ2) is 5.21. The Hall–Kier alpha value is -1.84. The van der Waals surface area contributed by atoms with E-state index < -0.39 is 7.12 Å². The Kier molecular flexibility index (Phi) is 3.65. The van der Waals surface area contributed by atoms with Crippen molar-refractivity contribution in [2.75, 3.05) is 0 Å². The molecule has 0 amide bonds. The van der Waals surface area contributed by atoms with Gasteiger partial charge in [0.15, 0.2) is 0 Å². The zero-order chi connectivity index (χ0) is 13.1. The number of rotatable bonds is 4. The first kappa shape index (κ1) is 12.6. The Balaban J connectivity index is 2.60. The van der Waals surface area contributed by atoms with Crippen LogP contribution >= 0.6 is 0 Å². The average Bonchev–Trinajstić information content (AvgIpc) is 2.77. The van der Waals surface area contributed by atoms with E-state index in [0.717, 1.165) is 19.4 Å². The van der Waals surface area contributed by atoms with Crippen LogP contribution in [-0.2, 0) is 6.54 Å². The Labute approximate surface area is 105 Å².